The van der Waals surface area contributed by atoms with E-state index in [9.17, 15) is 19.2 Å². The molecule has 0 aliphatic carbocycles. The minimum absolute atomic E-state index is 0.0113. The first-order chi connectivity index (χ1) is 17.7. The van der Waals surface area contributed by atoms with Crippen molar-refractivity contribution in [2.24, 2.45) is 0 Å². The summed E-state index contributed by atoms with van der Waals surface area (Å²) in [6.45, 7) is 5.45. The highest BCUT2D eigenvalue weighted by atomic mass is 16.6. The molecule has 0 aromatic heterocycles. The van der Waals surface area contributed by atoms with Gasteiger partial charge in [0.2, 0.25) is 5.91 Å². The fourth-order valence-electron chi connectivity index (χ4n) is 4.76. The molecule has 194 valence electrons. The van der Waals surface area contributed by atoms with Gasteiger partial charge in [0.05, 0.1) is 18.1 Å². The van der Waals surface area contributed by atoms with Gasteiger partial charge in [0, 0.05) is 6.42 Å². The van der Waals surface area contributed by atoms with E-state index >= 15 is 0 Å². The molecule has 2 amide bonds. The number of hydrogen-bond donors (Lipinski definition) is 0. The highest BCUT2D eigenvalue weighted by Crippen LogP contribution is 2.38. The van der Waals surface area contributed by atoms with Gasteiger partial charge in [0.15, 0.2) is 0 Å². The van der Waals surface area contributed by atoms with Gasteiger partial charge < -0.3 is 19.2 Å². The van der Waals surface area contributed by atoms with E-state index in [0.29, 0.717) is 6.29 Å². The standard InChI is InChI=1S/C29H32N2O6/c1-29(2,3)37-25(33)17-15-22(18-32)30-23(16-14-20-10-6-4-7-11-20)26(27(30)34)31-24(19-36-28(31)35)21-12-8-5-9-13-21/h4-14,16,18,22-24,26H,15,17,19H2,1-3H3/b16-14+/t22-,23+,24?,26?/m0/s1. The summed E-state index contributed by atoms with van der Waals surface area (Å²) in [5, 5.41) is 0. The van der Waals surface area contributed by atoms with E-state index in [-0.39, 0.29) is 25.4 Å². The van der Waals surface area contributed by atoms with Gasteiger partial charge in [-0.05, 0) is 38.3 Å². The van der Waals surface area contributed by atoms with Gasteiger partial charge in [-0.15, -0.1) is 0 Å². The molecule has 0 spiro atoms. The number of ether oxygens (including phenoxy) is 2. The number of nitrogens with zero attached hydrogens (tertiary/aromatic N) is 2. The Hall–Kier alpha value is -3.94. The van der Waals surface area contributed by atoms with Gasteiger partial charge in [-0.1, -0.05) is 72.8 Å². The minimum atomic E-state index is -0.838. The summed E-state index contributed by atoms with van der Waals surface area (Å²) in [4.78, 5) is 53.7. The number of hydrogen-bond acceptors (Lipinski definition) is 6. The zero-order valence-corrected chi connectivity index (χ0v) is 21.3. The van der Waals surface area contributed by atoms with Crippen molar-refractivity contribution < 1.29 is 28.7 Å². The van der Waals surface area contributed by atoms with Crippen molar-refractivity contribution >= 4 is 30.3 Å². The summed E-state index contributed by atoms with van der Waals surface area (Å²) >= 11 is 0. The van der Waals surface area contributed by atoms with Crippen molar-refractivity contribution in [2.75, 3.05) is 6.61 Å². The van der Waals surface area contributed by atoms with Crippen LogP contribution < -0.4 is 0 Å². The van der Waals surface area contributed by atoms with Crippen molar-refractivity contribution in [3.05, 3.63) is 77.9 Å². The highest BCUT2D eigenvalue weighted by molar-refractivity contribution is 5.96. The Balaban J connectivity index is 1.60. The van der Waals surface area contributed by atoms with Crippen molar-refractivity contribution in [3.8, 4) is 0 Å². The molecule has 0 N–H and O–H groups in total. The van der Waals surface area contributed by atoms with E-state index in [4.69, 9.17) is 9.47 Å². The molecule has 2 fully saturated rings. The summed E-state index contributed by atoms with van der Waals surface area (Å²) < 4.78 is 10.7. The second-order valence-electron chi connectivity index (χ2n) is 10.2. The number of esters is 1. The molecule has 8 nitrogen and oxygen atoms in total. The zero-order chi connectivity index (χ0) is 26.6. The van der Waals surface area contributed by atoms with Crippen LogP contribution in [0.3, 0.4) is 0 Å². The van der Waals surface area contributed by atoms with Crippen molar-refractivity contribution in [1.29, 1.82) is 0 Å². The lowest BCUT2D eigenvalue weighted by Crippen LogP contribution is -2.72. The second kappa shape index (κ2) is 11.0. The Morgan fingerprint density at radius 3 is 2.35 bits per heavy atom. The lowest BCUT2D eigenvalue weighted by molar-refractivity contribution is -0.162. The largest absolute Gasteiger partial charge is 0.460 e. The number of aldehydes is 1. The molecule has 37 heavy (non-hydrogen) atoms. The van der Waals surface area contributed by atoms with Crippen LogP contribution in [0.15, 0.2) is 66.7 Å². The third-order valence-corrected chi connectivity index (χ3v) is 6.41. The van der Waals surface area contributed by atoms with Crippen LogP contribution in [-0.4, -0.2) is 64.4 Å². The monoisotopic (exact) mass is 504 g/mol. The van der Waals surface area contributed by atoms with Crippen LogP contribution in [0.2, 0.25) is 0 Å². The Morgan fingerprint density at radius 2 is 1.73 bits per heavy atom. The van der Waals surface area contributed by atoms with E-state index in [2.05, 4.69) is 0 Å². The molecule has 0 radical (unpaired) electrons. The van der Waals surface area contributed by atoms with Gasteiger partial charge in [0.1, 0.15) is 24.5 Å². The Morgan fingerprint density at radius 1 is 1.08 bits per heavy atom. The van der Waals surface area contributed by atoms with Crippen LogP contribution in [0.25, 0.3) is 6.08 Å². The smallest absolute Gasteiger partial charge is 0.411 e. The average molecular weight is 505 g/mol. The molecule has 2 aliphatic rings. The number of likely N-dealkylation sites (tertiary alicyclic amines) is 1. The lowest BCUT2D eigenvalue weighted by atomic mass is 9.87. The first-order valence-electron chi connectivity index (χ1n) is 12.4. The molecule has 2 aromatic carbocycles. The van der Waals surface area contributed by atoms with E-state index < -0.39 is 41.8 Å². The Labute approximate surface area is 216 Å². The van der Waals surface area contributed by atoms with Crippen molar-refractivity contribution in [3.63, 3.8) is 0 Å². The van der Waals surface area contributed by atoms with E-state index in [1.807, 2.05) is 72.8 Å². The summed E-state index contributed by atoms with van der Waals surface area (Å²) in [6.07, 6.45) is 3.92. The summed E-state index contributed by atoms with van der Waals surface area (Å²) in [5.74, 6) is -0.795. The summed E-state index contributed by atoms with van der Waals surface area (Å²) in [5.41, 5.74) is 1.14. The van der Waals surface area contributed by atoms with Crippen LogP contribution in [-0.2, 0) is 23.9 Å². The van der Waals surface area contributed by atoms with E-state index in [0.717, 1.165) is 11.1 Å². The number of carbonyl (C=O) groups is 4. The van der Waals surface area contributed by atoms with Gasteiger partial charge >= 0.3 is 12.1 Å². The summed E-state index contributed by atoms with van der Waals surface area (Å²) in [7, 11) is 0. The molecule has 2 heterocycles. The lowest BCUT2D eigenvalue weighted by Gasteiger charge is -2.51. The number of amides is 2. The molecule has 0 saturated carbocycles. The van der Waals surface area contributed by atoms with Gasteiger partial charge in [-0.3, -0.25) is 14.5 Å². The van der Waals surface area contributed by atoms with Gasteiger partial charge in [-0.25, -0.2) is 4.79 Å². The maximum atomic E-state index is 13.5. The number of benzene rings is 2. The predicted molar refractivity (Wildman–Crippen MR) is 137 cm³/mol. The molecule has 2 saturated heterocycles. The number of cyclic esters (lactones) is 1. The van der Waals surface area contributed by atoms with Crippen LogP contribution in [0.5, 0.6) is 0 Å². The van der Waals surface area contributed by atoms with E-state index in [1.165, 1.54) is 9.80 Å². The van der Waals surface area contributed by atoms with Crippen LogP contribution in [0.1, 0.15) is 50.8 Å². The molecular formula is C29H32N2O6. The van der Waals surface area contributed by atoms with Crippen molar-refractivity contribution in [2.45, 2.75) is 63.4 Å². The predicted octanol–water partition coefficient (Wildman–Crippen LogP) is 4.16. The number of carbonyl (C=O) groups excluding carboxylic acids is 4. The van der Waals surface area contributed by atoms with E-state index in [1.54, 1.807) is 20.8 Å². The molecule has 4 atom stereocenters. The number of β-lactam (4-membered cyclic amide) rings is 1. The molecule has 4 rings (SSSR count). The minimum Gasteiger partial charge on any atom is -0.460 e. The topological polar surface area (TPSA) is 93.2 Å². The van der Waals surface area contributed by atoms with Crippen LogP contribution in [0.4, 0.5) is 4.79 Å². The molecule has 2 unspecified atom stereocenters. The first kappa shape index (κ1) is 26.1. The van der Waals surface area contributed by atoms with Crippen molar-refractivity contribution in [1.82, 2.24) is 9.80 Å². The van der Waals surface area contributed by atoms with Gasteiger partial charge in [0.25, 0.3) is 0 Å². The molecule has 8 heteroatoms. The Bertz CT molecular complexity index is 1160. The quantitative estimate of drug-likeness (QED) is 0.289. The molecular weight excluding hydrogens is 472 g/mol. The second-order valence-corrected chi connectivity index (χ2v) is 10.2. The number of rotatable bonds is 9. The fourth-order valence-corrected chi connectivity index (χ4v) is 4.76. The first-order valence-corrected chi connectivity index (χ1v) is 12.4. The molecule has 0 bridgehead atoms. The third-order valence-electron chi connectivity index (χ3n) is 6.41. The third kappa shape index (κ3) is 5.90. The Kier molecular flexibility index (Phi) is 7.76. The zero-order valence-electron chi connectivity index (χ0n) is 21.3. The van der Waals surface area contributed by atoms with Crippen LogP contribution in [0, 0.1) is 0 Å². The summed E-state index contributed by atoms with van der Waals surface area (Å²) in [6, 6.07) is 16.3. The van der Waals surface area contributed by atoms with Crippen LogP contribution >= 0.6 is 0 Å². The molecule has 2 aliphatic heterocycles. The fraction of sp³-hybridized carbons (Fsp3) is 0.379. The van der Waals surface area contributed by atoms with Gasteiger partial charge in [-0.2, -0.15) is 0 Å². The molecule has 2 aromatic rings. The maximum absolute atomic E-state index is 13.5. The average Bonchev–Trinajstić information content (AvgIpc) is 3.24. The SMILES string of the molecule is CC(C)(C)OC(=O)CC[C@@H](C=O)N1C(=O)C(N2C(=O)OCC2c2ccccc2)[C@H]1/C=C/c1ccccc1. The highest BCUT2D eigenvalue weighted by Gasteiger charge is 2.56. The normalized spacial score (nSPS) is 22.5. The maximum Gasteiger partial charge on any atom is 0.411 e.